The highest BCUT2D eigenvalue weighted by Gasteiger charge is 2.20. The number of hydrogen-bond acceptors (Lipinski definition) is 6. The Labute approximate surface area is 139 Å². The number of carbonyl (C=O) groups is 2. The number of esters is 1. The van der Waals surface area contributed by atoms with Gasteiger partial charge in [-0.05, 0) is 47.1 Å². The molecule has 0 spiro atoms. The molecule has 0 saturated carbocycles. The smallest absolute Gasteiger partial charge is 0.360 e. The van der Waals surface area contributed by atoms with E-state index in [1.54, 1.807) is 38.3 Å². The highest BCUT2D eigenvalue weighted by atomic mass is 79.9. The summed E-state index contributed by atoms with van der Waals surface area (Å²) in [7, 11) is 1.55. The lowest BCUT2D eigenvalue weighted by Gasteiger charge is -2.06. The molecular formula is C14H13BrN2O4S. The number of aromatic nitrogens is 1. The van der Waals surface area contributed by atoms with Gasteiger partial charge < -0.3 is 14.8 Å². The summed E-state index contributed by atoms with van der Waals surface area (Å²) in [4.78, 5) is 28.1. The van der Waals surface area contributed by atoms with Crippen molar-refractivity contribution in [2.75, 3.05) is 19.0 Å². The second kappa shape index (κ2) is 7.37. The molecule has 0 bridgehead atoms. The number of amides is 1. The van der Waals surface area contributed by atoms with Gasteiger partial charge in [0.2, 0.25) is 0 Å². The first-order valence-electron chi connectivity index (χ1n) is 6.34. The Morgan fingerprint density at radius 2 is 2.00 bits per heavy atom. The van der Waals surface area contributed by atoms with E-state index in [9.17, 15) is 9.59 Å². The van der Waals surface area contributed by atoms with Gasteiger partial charge in [-0.15, -0.1) is 0 Å². The summed E-state index contributed by atoms with van der Waals surface area (Å²) in [5.41, 5.74) is 0.528. The molecule has 0 atom stereocenters. The molecule has 1 amide bonds. The summed E-state index contributed by atoms with van der Waals surface area (Å²) in [6.45, 7) is 1.94. The van der Waals surface area contributed by atoms with Gasteiger partial charge in [-0.2, -0.15) is 0 Å². The fourth-order valence-electron chi connectivity index (χ4n) is 1.63. The van der Waals surface area contributed by atoms with E-state index in [4.69, 9.17) is 9.47 Å². The predicted octanol–water partition coefficient (Wildman–Crippen LogP) is 3.34. The summed E-state index contributed by atoms with van der Waals surface area (Å²) in [5, 5.41) is 3.01. The number of nitrogens with one attached hydrogen (secondary N) is 1. The summed E-state index contributed by atoms with van der Waals surface area (Å²) < 4.78 is 10.4. The van der Waals surface area contributed by atoms with Crippen LogP contribution in [0.5, 0.6) is 5.75 Å². The lowest BCUT2D eigenvalue weighted by molar-refractivity contribution is 0.0521. The Balaban J connectivity index is 2.18. The van der Waals surface area contributed by atoms with E-state index < -0.39 is 5.97 Å². The number of carbonyl (C=O) groups excluding carboxylic acids is 2. The maximum Gasteiger partial charge on any atom is 0.360 e. The number of methoxy groups -OCH3 is 1. The van der Waals surface area contributed by atoms with Crippen LogP contribution in [0.15, 0.2) is 28.2 Å². The minimum Gasteiger partial charge on any atom is -0.497 e. The molecule has 0 aliphatic heterocycles. The van der Waals surface area contributed by atoms with Gasteiger partial charge in [0.25, 0.3) is 5.91 Å². The lowest BCUT2D eigenvalue weighted by atomic mass is 10.2. The molecule has 0 saturated heterocycles. The SMILES string of the molecule is CCOC(=O)c1nc(Br)sc1NC(=O)c1ccc(OC)cc1. The Bertz CT molecular complexity index is 685. The normalized spacial score (nSPS) is 10.1. The Morgan fingerprint density at radius 1 is 1.32 bits per heavy atom. The molecule has 8 heteroatoms. The zero-order valence-electron chi connectivity index (χ0n) is 11.9. The maximum atomic E-state index is 12.2. The Kier molecular flexibility index (Phi) is 5.51. The summed E-state index contributed by atoms with van der Waals surface area (Å²) >= 11 is 4.35. The van der Waals surface area contributed by atoms with Gasteiger partial charge in [-0.3, -0.25) is 4.79 Å². The van der Waals surface area contributed by atoms with Crippen LogP contribution in [0.2, 0.25) is 0 Å². The quantitative estimate of drug-likeness (QED) is 0.799. The van der Waals surface area contributed by atoms with Crippen LogP contribution in [0.1, 0.15) is 27.8 Å². The van der Waals surface area contributed by atoms with Crippen molar-refractivity contribution in [3.63, 3.8) is 0 Å². The van der Waals surface area contributed by atoms with Crippen molar-refractivity contribution in [2.24, 2.45) is 0 Å². The molecule has 0 radical (unpaired) electrons. The van der Waals surface area contributed by atoms with Gasteiger partial charge >= 0.3 is 5.97 Å². The summed E-state index contributed by atoms with van der Waals surface area (Å²) in [5.74, 6) is -0.261. The maximum absolute atomic E-state index is 12.2. The van der Waals surface area contributed by atoms with Crippen molar-refractivity contribution in [3.05, 3.63) is 39.4 Å². The third kappa shape index (κ3) is 3.83. The van der Waals surface area contributed by atoms with Crippen LogP contribution in [0, 0.1) is 0 Å². The second-order valence-corrected chi connectivity index (χ2v) is 6.32. The number of nitrogens with zero attached hydrogens (tertiary/aromatic N) is 1. The fraction of sp³-hybridized carbons (Fsp3) is 0.214. The minimum atomic E-state index is -0.575. The molecule has 0 aliphatic carbocycles. The van der Waals surface area contributed by atoms with Crippen LogP contribution >= 0.6 is 27.3 Å². The van der Waals surface area contributed by atoms with Gasteiger partial charge in [0.15, 0.2) is 9.61 Å². The molecule has 2 aromatic rings. The van der Waals surface area contributed by atoms with Crippen molar-refractivity contribution in [2.45, 2.75) is 6.92 Å². The van der Waals surface area contributed by atoms with Gasteiger partial charge in [0, 0.05) is 5.56 Å². The molecule has 116 valence electrons. The molecule has 1 heterocycles. The number of hydrogen-bond donors (Lipinski definition) is 1. The van der Waals surface area contributed by atoms with Crippen molar-refractivity contribution < 1.29 is 19.1 Å². The molecule has 1 aromatic carbocycles. The minimum absolute atomic E-state index is 0.0839. The van der Waals surface area contributed by atoms with Crippen molar-refractivity contribution in [1.29, 1.82) is 0 Å². The summed E-state index contributed by atoms with van der Waals surface area (Å²) in [6, 6.07) is 6.64. The predicted molar refractivity (Wildman–Crippen MR) is 86.7 cm³/mol. The highest BCUT2D eigenvalue weighted by molar-refractivity contribution is 9.11. The standard InChI is InChI=1S/C14H13BrN2O4S/c1-3-21-13(19)10-12(22-14(15)16-10)17-11(18)8-4-6-9(20-2)7-5-8/h4-7H,3H2,1-2H3,(H,17,18). The zero-order valence-corrected chi connectivity index (χ0v) is 14.3. The topological polar surface area (TPSA) is 77.5 Å². The average Bonchev–Trinajstić information content (AvgIpc) is 2.88. The number of anilines is 1. The van der Waals surface area contributed by atoms with Gasteiger partial charge in [0.1, 0.15) is 10.8 Å². The average molecular weight is 385 g/mol. The van der Waals surface area contributed by atoms with Gasteiger partial charge in [-0.25, -0.2) is 9.78 Å². The van der Waals surface area contributed by atoms with Crippen molar-refractivity contribution in [1.82, 2.24) is 4.98 Å². The Hall–Kier alpha value is -1.93. The lowest BCUT2D eigenvalue weighted by Crippen LogP contribution is -2.14. The molecule has 0 unspecified atom stereocenters. The van der Waals surface area contributed by atoms with E-state index in [0.717, 1.165) is 11.3 Å². The van der Waals surface area contributed by atoms with E-state index in [2.05, 4.69) is 26.2 Å². The zero-order chi connectivity index (χ0) is 16.1. The third-order valence-corrected chi connectivity index (χ3v) is 4.07. The molecule has 0 aliphatic rings. The largest absolute Gasteiger partial charge is 0.497 e. The molecule has 1 aromatic heterocycles. The molecule has 22 heavy (non-hydrogen) atoms. The molecule has 2 rings (SSSR count). The highest BCUT2D eigenvalue weighted by Crippen LogP contribution is 2.29. The van der Waals surface area contributed by atoms with Crippen molar-refractivity contribution >= 4 is 44.1 Å². The number of halogens is 1. The molecular weight excluding hydrogens is 372 g/mol. The van der Waals surface area contributed by atoms with Gasteiger partial charge in [-0.1, -0.05) is 11.3 Å². The first kappa shape index (κ1) is 16.4. The number of ether oxygens (including phenoxy) is 2. The third-order valence-electron chi connectivity index (χ3n) is 2.65. The van der Waals surface area contributed by atoms with Crippen molar-refractivity contribution in [3.8, 4) is 5.75 Å². The van der Waals surface area contributed by atoms with Crippen LogP contribution in [0.25, 0.3) is 0 Å². The van der Waals surface area contributed by atoms with E-state index in [-0.39, 0.29) is 18.2 Å². The van der Waals surface area contributed by atoms with Crippen LogP contribution < -0.4 is 10.1 Å². The Morgan fingerprint density at radius 3 is 2.59 bits per heavy atom. The second-order valence-electron chi connectivity index (χ2n) is 4.05. The van der Waals surface area contributed by atoms with E-state index in [0.29, 0.717) is 20.2 Å². The van der Waals surface area contributed by atoms with Crippen LogP contribution in [-0.4, -0.2) is 30.6 Å². The number of benzene rings is 1. The van der Waals surface area contributed by atoms with Crippen LogP contribution in [0.4, 0.5) is 5.00 Å². The summed E-state index contributed by atoms with van der Waals surface area (Å²) in [6.07, 6.45) is 0. The monoisotopic (exact) mass is 384 g/mol. The van der Waals surface area contributed by atoms with E-state index in [1.807, 2.05) is 0 Å². The fourth-order valence-corrected chi connectivity index (χ4v) is 2.97. The number of rotatable bonds is 5. The van der Waals surface area contributed by atoms with E-state index >= 15 is 0 Å². The first-order chi connectivity index (χ1) is 10.5. The molecule has 6 nitrogen and oxygen atoms in total. The van der Waals surface area contributed by atoms with Gasteiger partial charge in [0.05, 0.1) is 13.7 Å². The van der Waals surface area contributed by atoms with Crippen LogP contribution in [0.3, 0.4) is 0 Å². The first-order valence-corrected chi connectivity index (χ1v) is 7.95. The molecule has 1 N–H and O–H groups in total. The van der Waals surface area contributed by atoms with Crippen LogP contribution in [-0.2, 0) is 4.74 Å². The molecule has 0 fully saturated rings. The van der Waals surface area contributed by atoms with E-state index in [1.165, 1.54) is 0 Å². The number of thiazole rings is 1.